The normalized spacial score (nSPS) is 11.1. The maximum absolute atomic E-state index is 11.4. The minimum atomic E-state index is -0.502. The Labute approximate surface area is 134 Å². The first-order chi connectivity index (χ1) is 9.69. The van der Waals surface area contributed by atoms with Gasteiger partial charge in [-0.05, 0) is 27.2 Å². The molecular weight excluding hydrogens is 315 g/mol. The van der Waals surface area contributed by atoms with Crippen molar-refractivity contribution in [3.05, 3.63) is 22.2 Å². The quantitative estimate of drug-likeness (QED) is 0.633. The average molecular weight is 335 g/mol. The Morgan fingerprint density at radius 2 is 1.86 bits per heavy atom. The fourth-order valence-electron chi connectivity index (χ4n) is 1.41. The molecule has 7 heteroatoms. The van der Waals surface area contributed by atoms with Crippen LogP contribution in [0.3, 0.4) is 0 Å². The number of hydrogen-bond donors (Lipinski definition) is 2. The van der Waals surface area contributed by atoms with E-state index < -0.39 is 11.7 Å². The molecule has 1 amide bonds. The van der Waals surface area contributed by atoms with E-state index in [-0.39, 0.29) is 0 Å². The summed E-state index contributed by atoms with van der Waals surface area (Å²) in [4.78, 5) is 11.4. The van der Waals surface area contributed by atoms with Gasteiger partial charge in [0, 0.05) is 18.7 Å². The average Bonchev–Trinajstić information content (AvgIpc) is 2.33. The zero-order chi connectivity index (χ0) is 16.0. The van der Waals surface area contributed by atoms with Crippen molar-refractivity contribution >= 4 is 35.0 Å². The number of anilines is 1. The van der Waals surface area contributed by atoms with Gasteiger partial charge in [-0.2, -0.15) is 0 Å². The van der Waals surface area contributed by atoms with Gasteiger partial charge in [-0.25, -0.2) is 4.79 Å². The lowest BCUT2D eigenvalue weighted by Crippen LogP contribution is -2.33. The van der Waals surface area contributed by atoms with Crippen LogP contribution in [0.2, 0.25) is 10.0 Å². The SMILES string of the molecule is CC(C)(C)OC(=O)NCCCOc1cc(Cl)c(N)c(Cl)c1. The van der Waals surface area contributed by atoms with Gasteiger partial charge in [0.15, 0.2) is 0 Å². The number of amides is 1. The first kappa shape index (κ1) is 17.7. The summed E-state index contributed by atoms with van der Waals surface area (Å²) in [6, 6.07) is 3.20. The van der Waals surface area contributed by atoms with Gasteiger partial charge < -0.3 is 20.5 Å². The van der Waals surface area contributed by atoms with Gasteiger partial charge in [0.2, 0.25) is 0 Å². The molecule has 1 aromatic carbocycles. The standard InChI is InChI=1S/C14H20Cl2N2O3/c1-14(2,3)21-13(19)18-5-4-6-20-9-7-10(15)12(17)11(16)8-9/h7-8H,4-6,17H2,1-3H3,(H,18,19). The summed E-state index contributed by atoms with van der Waals surface area (Å²) in [5.41, 5.74) is 5.46. The minimum absolute atomic E-state index is 0.331. The highest BCUT2D eigenvalue weighted by molar-refractivity contribution is 6.39. The number of nitrogens with one attached hydrogen (secondary N) is 1. The van der Waals surface area contributed by atoms with Crippen LogP contribution in [0.1, 0.15) is 27.2 Å². The summed E-state index contributed by atoms with van der Waals surface area (Å²) in [5.74, 6) is 0.538. The number of carbonyl (C=O) groups is 1. The predicted molar refractivity (Wildman–Crippen MR) is 85.2 cm³/mol. The van der Waals surface area contributed by atoms with Crippen molar-refractivity contribution in [1.29, 1.82) is 0 Å². The van der Waals surface area contributed by atoms with Gasteiger partial charge in [0.1, 0.15) is 11.4 Å². The highest BCUT2D eigenvalue weighted by Gasteiger charge is 2.15. The van der Waals surface area contributed by atoms with E-state index in [4.69, 9.17) is 38.4 Å². The maximum Gasteiger partial charge on any atom is 0.407 e. The van der Waals surface area contributed by atoms with Crippen LogP contribution in [-0.2, 0) is 4.74 Å². The first-order valence-corrected chi connectivity index (χ1v) is 7.29. The third-order valence-electron chi connectivity index (χ3n) is 2.31. The Balaban J connectivity index is 2.27. The molecule has 0 saturated carbocycles. The Kier molecular flexibility index (Phi) is 6.42. The van der Waals surface area contributed by atoms with E-state index in [1.54, 1.807) is 12.1 Å². The Morgan fingerprint density at radius 3 is 2.38 bits per heavy atom. The van der Waals surface area contributed by atoms with Crippen molar-refractivity contribution in [2.45, 2.75) is 32.8 Å². The summed E-state index contributed by atoms with van der Waals surface area (Å²) >= 11 is 11.8. The number of carbonyl (C=O) groups excluding carboxylic acids is 1. The fraction of sp³-hybridized carbons (Fsp3) is 0.500. The Bertz CT molecular complexity index is 478. The van der Waals surface area contributed by atoms with Crippen molar-refractivity contribution in [2.75, 3.05) is 18.9 Å². The van der Waals surface area contributed by atoms with E-state index in [1.807, 2.05) is 20.8 Å². The van der Waals surface area contributed by atoms with Crippen LogP contribution in [0.4, 0.5) is 10.5 Å². The topological polar surface area (TPSA) is 73.6 Å². The lowest BCUT2D eigenvalue weighted by atomic mass is 10.2. The number of halogens is 2. The second-order valence-electron chi connectivity index (χ2n) is 5.43. The number of alkyl carbamates (subject to hydrolysis) is 1. The maximum atomic E-state index is 11.4. The predicted octanol–water partition coefficient (Wildman–Crippen LogP) is 3.87. The molecule has 0 bridgehead atoms. The molecule has 21 heavy (non-hydrogen) atoms. The summed E-state index contributed by atoms with van der Waals surface area (Å²) in [7, 11) is 0. The fourth-order valence-corrected chi connectivity index (χ4v) is 1.88. The molecule has 118 valence electrons. The molecule has 0 aromatic heterocycles. The van der Waals surface area contributed by atoms with Crippen LogP contribution < -0.4 is 15.8 Å². The molecule has 0 aliphatic carbocycles. The zero-order valence-electron chi connectivity index (χ0n) is 12.3. The monoisotopic (exact) mass is 334 g/mol. The largest absolute Gasteiger partial charge is 0.493 e. The van der Waals surface area contributed by atoms with Crippen LogP contribution in [0.25, 0.3) is 0 Å². The van der Waals surface area contributed by atoms with Crippen molar-refractivity contribution in [2.24, 2.45) is 0 Å². The van der Waals surface area contributed by atoms with Gasteiger partial charge in [0.05, 0.1) is 22.3 Å². The lowest BCUT2D eigenvalue weighted by molar-refractivity contribution is 0.0525. The Hall–Kier alpha value is -1.33. The van der Waals surface area contributed by atoms with Gasteiger partial charge in [-0.3, -0.25) is 0 Å². The second kappa shape index (κ2) is 7.61. The third-order valence-corrected chi connectivity index (χ3v) is 2.94. The molecule has 1 rings (SSSR count). The number of nitrogen functional groups attached to an aromatic ring is 1. The number of ether oxygens (including phenoxy) is 2. The third kappa shape index (κ3) is 6.78. The molecule has 0 radical (unpaired) electrons. The van der Waals surface area contributed by atoms with Crippen LogP contribution in [0, 0.1) is 0 Å². The molecular formula is C14H20Cl2N2O3. The number of benzene rings is 1. The van der Waals surface area contributed by atoms with E-state index in [2.05, 4.69) is 5.32 Å². The van der Waals surface area contributed by atoms with Crippen LogP contribution in [0.5, 0.6) is 5.75 Å². The summed E-state index contributed by atoms with van der Waals surface area (Å²) in [6.07, 6.45) is 0.180. The number of hydrogen-bond acceptors (Lipinski definition) is 4. The van der Waals surface area contributed by atoms with E-state index in [9.17, 15) is 4.79 Å². The van der Waals surface area contributed by atoms with Gasteiger partial charge >= 0.3 is 6.09 Å². The summed E-state index contributed by atoms with van der Waals surface area (Å²) in [5, 5.41) is 3.35. The lowest BCUT2D eigenvalue weighted by Gasteiger charge is -2.19. The van der Waals surface area contributed by atoms with Gasteiger partial charge in [0.25, 0.3) is 0 Å². The molecule has 0 aliphatic rings. The van der Waals surface area contributed by atoms with Gasteiger partial charge in [-0.15, -0.1) is 0 Å². The molecule has 5 nitrogen and oxygen atoms in total. The molecule has 0 heterocycles. The minimum Gasteiger partial charge on any atom is -0.493 e. The molecule has 0 saturated heterocycles. The van der Waals surface area contributed by atoms with E-state index in [0.29, 0.717) is 41.1 Å². The highest BCUT2D eigenvalue weighted by atomic mass is 35.5. The van der Waals surface area contributed by atoms with Gasteiger partial charge in [-0.1, -0.05) is 23.2 Å². The van der Waals surface area contributed by atoms with Crippen molar-refractivity contribution in [1.82, 2.24) is 5.32 Å². The van der Waals surface area contributed by atoms with E-state index in [1.165, 1.54) is 0 Å². The summed E-state index contributed by atoms with van der Waals surface area (Å²) in [6.45, 7) is 6.29. The van der Waals surface area contributed by atoms with Crippen molar-refractivity contribution < 1.29 is 14.3 Å². The summed E-state index contributed by atoms with van der Waals surface area (Å²) < 4.78 is 10.6. The van der Waals surface area contributed by atoms with Crippen LogP contribution in [0.15, 0.2) is 12.1 Å². The first-order valence-electron chi connectivity index (χ1n) is 6.53. The van der Waals surface area contributed by atoms with E-state index in [0.717, 1.165) is 0 Å². The highest BCUT2D eigenvalue weighted by Crippen LogP contribution is 2.32. The number of nitrogens with two attached hydrogens (primary N) is 1. The molecule has 0 spiro atoms. The molecule has 0 aliphatic heterocycles. The molecule has 0 fully saturated rings. The molecule has 0 atom stereocenters. The van der Waals surface area contributed by atoms with Crippen molar-refractivity contribution in [3.8, 4) is 5.75 Å². The Morgan fingerprint density at radius 1 is 1.29 bits per heavy atom. The second-order valence-corrected chi connectivity index (χ2v) is 6.25. The molecule has 3 N–H and O–H groups in total. The van der Waals surface area contributed by atoms with Crippen molar-refractivity contribution in [3.63, 3.8) is 0 Å². The van der Waals surface area contributed by atoms with E-state index >= 15 is 0 Å². The molecule has 1 aromatic rings. The van der Waals surface area contributed by atoms with Crippen LogP contribution in [-0.4, -0.2) is 24.8 Å². The molecule has 0 unspecified atom stereocenters. The smallest absolute Gasteiger partial charge is 0.407 e. The zero-order valence-corrected chi connectivity index (χ0v) is 13.8. The van der Waals surface area contributed by atoms with Crippen LogP contribution >= 0.6 is 23.2 Å². The number of rotatable bonds is 5.